The number of piperidine rings is 1. The zero-order chi connectivity index (χ0) is 18.6. The summed E-state index contributed by atoms with van der Waals surface area (Å²) in [7, 11) is 0. The summed E-state index contributed by atoms with van der Waals surface area (Å²) in [6.07, 6.45) is 5.19. The smallest absolute Gasteiger partial charge is 0.261 e. The molecule has 0 atom stereocenters. The number of amides is 1. The number of aromatic nitrogens is 3. The molecule has 1 N–H and O–H groups in total. The van der Waals surface area contributed by atoms with E-state index in [0.717, 1.165) is 25.3 Å². The number of likely N-dealkylation sites (tertiary alicyclic amines) is 1. The van der Waals surface area contributed by atoms with Gasteiger partial charge < -0.3 is 5.32 Å². The van der Waals surface area contributed by atoms with E-state index in [1.165, 1.54) is 41.5 Å². The first-order valence-electron chi connectivity index (χ1n) is 9.10. The third kappa shape index (κ3) is 4.23. The van der Waals surface area contributed by atoms with E-state index in [2.05, 4.69) is 20.2 Å². The van der Waals surface area contributed by atoms with Gasteiger partial charge in [-0.25, -0.2) is 9.97 Å². The third-order valence-electron chi connectivity index (χ3n) is 4.68. The average molecular weight is 383 g/mol. The van der Waals surface area contributed by atoms with Crippen molar-refractivity contribution >= 4 is 33.3 Å². The number of rotatable bonds is 5. The van der Waals surface area contributed by atoms with Crippen molar-refractivity contribution in [2.45, 2.75) is 32.4 Å². The van der Waals surface area contributed by atoms with E-state index in [9.17, 15) is 9.59 Å². The maximum atomic E-state index is 12.5. The van der Waals surface area contributed by atoms with Gasteiger partial charge in [0.05, 0.1) is 22.9 Å². The fourth-order valence-electron chi connectivity index (χ4n) is 3.32. The van der Waals surface area contributed by atoms with E-state index < -0.39 is 0 Å². The van der Waals surface area contributed by atoms with Crippen molar-refractivity contribution in [3.05, 3.63) is 52.0 Å². The van der Waals surface area contributed by atoms with Crippen LogP contribution in [0.1, 0.15) is 25.0 Å². The van der Waals surface area contributed by atoms with Crippen LogP contribution in [0.5, 0.6) is 0 Å². The Morgan fingerprint density at radius 3 is 2.85 bits per heavy atom. The topological polar surface area (TPSA) is 80.1 Å². The van der Waals surface area contributed by atoms with Crippen LogP contribution < -0.4 is 10.9 Å². The molecule has 27 heavy (non-hydrogen) atoms. The number of anilines is 1. The SMILES string of the molecule is O=C(Cn1cnc2ccccc2c1=O)Nc1nc(CN2CCCCC2)cs1. The van der Waals surface area contributed by atoms with Crippen LogP contribution in [-0.2, 0) is 17.9 Å². The van der Waals surface area contributed by atoms with Crippen LogP contribution in [-0.4, -0.2) is 38.4 Å². The highest BCUT2D eigenvalue weighted by Crippen LogP contribution is 2.18. The van der Waals surface area contributed by atoms with Crippen molar-refractivity contribution < 1.29 is 4.79 Å². The van der Waals surface area contributed by atoms with Gasteiger partial charge >= 0.3 is 0 Å². The van der Waals surface area contributed by atoms with Gasteiger partial charge in [-0.05, 0) is 38.1 Å². The highest BCUT2D eigenvalue weighted by molar-refractivity contribution is 7.13. The van der Waals surface area contributed by atoms with Crippen molar-refractivity contribution in [2.75, 3.05) is 18.4 Å². The van der Waals surface area contributed by atoms with Crippen LogP contribution in [0.4, 0.5) is 5.13 Å². The third-order valence-corrected chi connectivity index (χ3v) is 5.48. The molecule has 1 aliphatic heterocycles. The fourth-order valence-corrected chi connectivity index (χ4v) is 4.03. The largest absolute Gasteiger partial charge is 0.300 e. The summed E-state index contributed by atoms with van der Waals surface area (Å²) in [4.78, 5) is 35.9. The van der Waals surface area contributed by atoms with Gasteiger partial charge in [0.1, 0.15) is 6.54 Å². The van der Waals surface area contributed by atoms with Crippen molar-refractivity contribution in [3.63, 3.8) is 0 Å². The van der Waals surface area contributed by atoms with Crippen molar-refractivity contribution in [2.24, 2.45) is 0 Å². The summed E-state index contributed by atoms with van der Waals surface area (Å²) >= 11 is 1.41. The fraction of sp³-hybridized carbons (Fsp3) is 0.368. The molecule has 3 aromatic rings. The monoisotopic (exact) mass is 383 g/mol. The highest BCUT2D eigenvalue weighted by atomic mass is 32.1. The Morgan fingerprint density at radius 1 is 1.19 bits per heavy atom. The van der Waals surface area contributed by atoms with Crippen LogP contribution in [0.3, 0.4) is 0 Å². The number of thiazole rings is 1. The summed E-state index contributed by atoms with van der Waals surface area (Å²) in [6.45, 7) is 2.95. The Hall–Kier alpha value is -2.58. The first kappa shape index (κ1) is 17.8. The standard InChI is InChI=1S/C19H21N5O2S/c25-17(11-24-13-20-16-7-3-2-6-15(16)18(24)26)22-19-21-14(12-27-19)10-23-8-4-1-5-9-23/h2-3,6-7,12-13H,1,4-5,8-11H2,(H,21,22,25). The molecule has 1 saturated heterocycles. The predicted molar refractivity (Wildman–Crippen MR) is 106 cm³/mol. The second-order valence-corrected chi connectivity index (χ2v) is 7.58. The molecular weight excluding hydrogens is 362 g/mol. The number of carbonyl (C=O) groups excluding carboxylic acids is 1. The molecule has 0 unspecified atom stereocenters. The second kappa shape index (κ2) is 7.98. The van der Waals surface area contributed by atoms with Crippen molar-refractivity contribution in [1.82, 2.24) is 19.4 Å². The minimum Gasteiger partial charge on any atom is -0.300 e. The quantitative estimate of drug-likeness (QED) is 0.732. The van der Waals surface area contributed by atoms with Crippen molar-refractivity contribution in [1.29, 1.82) is 0 Å². The van der Waals surface area contributed by atoms with Crippen molar-refractivity contribution in [3.8, 4) is 0 Å². The number of benzene rings is 1. The Kier molecular flexibility index (Phi) is 5.26. The summed E-state index contributed by atoms with van der Waals surface area (Å²) in [5.41, 5.74) is 1.38. The van der Waals surface area contributed by atoms with Gasteiger partial charge in [-0.3, -0.25) is 19.1 Å². The lowest BCUT2D eigenvalue weighted by atomic mass is 10.1. The number of fused-ring (bicyclic) bond motifs is 1. The normalized spacial score (nSPS) is 15.1. The number of nitrogens with one attached hydrogen (secondary N) is 1. The van der Waals surface area contributed by atoms with E-state index in [-0.39, 0.29) is 18.0 Å². The van der Waals surface area contributed by atoms with Crippen LogP contribution in [0.15, 0.2) is 40.8 Å². The molecule has 2 aromatic heterocycles. The van der Waals surface area contributed by atoms with Gasteiger partial charge in [0.15, 0.2) is 5.13 Å². The molecule has 1 aliphatic rings. The minimum absolute atomic E-state index is 0.0856. The molecule has 1 aromatic carbocycles. The summed E-state index contributed by atoms with van der Waals surface area (Å²) in [5.74, 6) is -0.284. The molecule has 0 aliphatic carbocycles. The van der Waals surface area contributed by atoms with Gasteiger partial charge in [0, 0.05) is 11.9 Å². The van der Waals surface area contributed by atoms with Gasteiger partial charge in [-0.15, -0.1) is 11.3 Å². The van der Waals surface area contributed by atoms with Crippen LogP contribution >= 0.6 is 11.3 Å². The molecule has 0 bridgehead atoms. The van der Waals surface area contributed by atoms with E-state index in [4.69, 9.17) is 0 Å². The minimum atomic E-state index is -0.284. The van der Waals surface area contributed by atoms with E-state index in [1.54, 1.807) is 18.2 Å². The molecule has 4 rings (SSSR count). The van der Waals surface area contributed by atoms with Crippen LogP contribution in [0.25, 0.3) is 10.9 Å². The summed E-state index contributed by atoms with van der Waals surface area (Å²) < 4.78 is 1.32. The molecule has 3 heterocycles. The second-order valence-electron chi connectivity index (χ2n) is 6.72. The lowest BCUT2D eigenvalue weighted by Gasteiger charge is -2.25. The Balaban J connectivity index is 1.40. The number of nitrogens with zero attached hydrogens (tertiary/aromatic N) is 4. The summed E-state index contributed by atoms with van der Waals surface area (Å²) in [6, 6.07) is 7.11. The zero-order valence-electron chi connectivity index (χ0n) is 14.9. The maximum absolute atomic E-state index is 12.5. The van der Waals surface area contributed by atoms with Crippen LogP contribution in [0.2, 0.25) is 0 Å². The molecule has 0 radical (unpaired) electrons. The maximum Gasteiger partial charge on any atom is 0.261 e. The highest BCUT2D eigenvalue weighted by Gasteiger charge is 2.14. The number of carbonyl (C=O) groups is 1. The van der Waals surface area contributed by atoms with E-state index >= 15 is 0 Å². The summed E-state index contributed by atoms with van der Waals surface area (Å²) in [5, 5.41) is 5.84. The average Bonchev–Trinajstić information content (AvgIpc) is 3.11. The zero-order valence-corrected chi connectivity index (χ0v) is 15.7. The number of hydrogen-bond acceptors (Lipinski definition) is 6. The van der Waals surface area contributed by atoms with Crippen LogP contribution in [0, 0.1) is 0 Å². The lowest BCUT2D eigenvalue weighted by Crippen LogP contribution is -2.29. The van der Waals surface area contributed by atoms with E-state index in [0.29, 0.717) is 16.0 Å². The molecular formula is C19H21N5O2S. The number of para-hydroxylation sites is 1. The lowest BCUT2D eigenvalue weighted by molar-refractivity contribution is -0.116. The molecule has 140 valence electrons. The Morgan fingerprint density at radius 2 is 2.00 bits per heavy atom. The Labute approximate surface area is 160 Å². The molecule has 0 saturated carbocycles. The predicted octanol–water partition coefficient (Wildman–Crippen LogP) is 2.48. The molecule has 0 spiro atoms. The molecule has 8 heteroatoms. The first-order chi connectivity index (χ1) is 13.2. The van der Waals surface area contributed by atoms with E-state index in [1.807, 2.05) is 11.4 Å². The Bertz CT molecular complexity index is 1010. The van der Waals surface area contributed by atoms with Gasteiger partial charge in [-0.2, -0.15) is 0 Å². The van der Waals surface area contributed by atoms with Gasteiger partial charge in [0.25, 0.3) is 5.56 Å². The van der Waals surface area contributed by atoms with Gasteiger partial charge in [0.2, 0.25) is 5.91 Å². The van der Waals surface area contributed by atoms with Gasteiger partial charge in [-0.1, -0.05) is 18.6 Å². The molecule has 1 fully saturated rings. The first-order valence-corrected chi connectivity index (χ1v) is 9.98. The molecule has 1 amide bonds. The number of hydrogen-bond donors (Lipinski definition) is 1. The molecule has 7 nitrogen and oxygen atoms in total.